The molecule has 3 atom stereocenters. The number of carbonyl (C=O) groups is 1. The molecule has 2 aromatic rings. The Hall–Kier alpha value is -3.04. The highest BCUT2D eigenvalue weighted by Crippen LogP contribution is 2.30. The van der Waals surface area contributed by atoms with Crippen LogP contribution in [0.5, 0.6) is 0 Å². The topological polar surface area (TPSA) is 99.6 Å². The van der Waals surface area contributed by atoms with E-state index in [0.717, 1.165) is 16.3 Å². The molecular weight excluding hydrogens is 383 g/mol. The molecule has 154 valence electrons. The Kier molecular flexibility index (Phi) is 6.73. The Morgan fingerprint density at radius 2 is 2.10 bits per heavy atom. The second-order valence-electron chi connectivity index (χ2n) is 6.47. The molecule has 1 aliphatic heterocycles. The smallest absolute Gasteiger partial charge is 0.330 e. The number of nitrogens with one attached hydrogen (secondary N) is 1. The van der Waals surface area contributed by atoms with E-state index in [1.165, 1.54) is 6.08 Å². The van der Waals surface area contributed by atoms with Crippen molar-refractivity contribution in [2.24, 2.45) is 0 Å². The number of carbonyl (C=O) groups excluding carboxylic acids is 1. The average Bonchev–Trinajstić information content (AvgIpc) is 3.11. The molecule has 9 heteroatoms. The molecule has 0 spiro atoms. The van der Waals surface area contributed by atoms with Gasteiger partial charge in [0.1, 0.15) is 18.9 Å². The van der Waals surface area contributed by atoms with E-state index in [2.05, 4.69) is 0 Å². The highest BCUT2D eigenvalue weighted by molar-refractivity contribution is 5.81. The van der Waals surface area contributed by atoms with Crippen LogP contribution in [-0.4, -0.2) is 34.3 Å². The van der Waals surface area contributed by atoms with Gasteiger partial charge in [0.05, 0.1) is 18.9 Å². The predicted molar refractivity (Wildman–Crippen MR) is 101 cm³/mol. The zero-order valence-corrected chi connectivity index (χ0v) is 15.7. The number of allylic oxidation sites excluding steroid dienone is 1. The summed E-state index contributed by atoms with van der Waals surface area (Å²) in [4.78, 5) is 36.8. The molecule has 1 N–H and O–H groups in total. The van der Waals surface area contributed by atoms with Crippen molar-refractivity contribution in [3.63, 3.8) is 0 Å². The summed E-state index contributed by atoms with van der Waals surface area (Å²) < 4.78 is 31.5. The molecule has 1 fully saturated rings. The molecule has 0 aliphatic carbocycles. The van der Waals surface area contributed by atoms with Gasteiger partial charge in [-0.15, -0.1) is 0 Å². The molecule has 0 saturated carbocycles. The van der Waals surface area contributed by atoms with Crippen LogP contribution < -0.4 is 11.2 Å². The highest BCUT2D eigenvalue weighted by atomic mass is 19.1. The van der Waals surface area contributed by atoms with Gasteiger partial charge in [0.15, 0.2) is 0 Å². The van der Waals surface area contributed by atoms with Gasteiger partial charge in [-0.3, -0.25) is 14.3 Å². The van der Waals surface area contributed by atoms with Crippen molar-refractivity contribution < 1.29 is 23.4 Å². The van der Waals surface area contributed by atoms with Crippen molar-refractivity contribution in [1.29, 1.82) is 0 Å². The van der Waals surface area contributed by atoms with Crippen molar-refractivity contribution >= 4 is 5.97 Å². The lowest BCUT2D eigenvalue weighted by atomic mass is 10.1. The predicted octanol–water partition coefficient (Wildman–Crippen LogP) is 1.67. The van der Waals surface area contributed by atoms with Gasteiger partial charge in [0, 0.05) is 12.5 Å². The number of hydrogen-bond acceptors (Lipinski definition) is 6. The Morgan fingerprint density at radius 3 is 2.83 bits per heavy atom. The summed E-state index contributed by atoms with van der Waals surface area (Å²) in [5.41, 5.74) is -0.958. The van der Waals surface area contributed by atoms with Crippen molar-refractivity contribution in [2.45, 2.75) is 38.4 Å². The third-order valence-electron chi connectivity index (χ3n) is 4.41. The van der Waals surface area contributed by atoms with Gasteiger partial charge >= 0.3 is 11.7 Å². The van der Waals surface area contributed by atoms with Crippen molar-refractivity contribution in [1.82, 2.24) is 9.55 Å². The number of aromatic nitrogens is 2. The average molecular weight is 404 g/mol. The Morgan fingerprint density at radius 1 is 1.34 bits per heavy atom. The summed E-state index contributed by atoms with van der Waals surface area (Å²) in [7, 11) is 0. The lowest BCUT2D eigenvalue weighted by molar-refractivity contribution is -0.145. The second kappa shape index (κ2) is 9.44. The standard InChI is InChI=1S/C20H21FN2O6/c1-2-6-18(24)28-12-16-15(27-11-13-7-4-3-5-8-13)9-17(29-16)23-10-14(21)19(25)22-20(23)26/h2-8,10,15-17H,9,11-12H2,1H3,(H,22,25,26)/b6-2+/t15?,16-,17-/m0/s1. The third kappa shape index (κ3) is 5.27. The first-order chi connectivity index (χ1) is 14.0. The van der Waals surface area contributed by atoms with Crippen LogP contribution in [0.25, 0.3) is 0 Å². The monoisotopic (exact) mass is 404 g/mol. The molecule has 0 bridgehead atoms. The molecule has 1 unspecified atom stereocenters. The summed E-state index contributed by atoms with van der Waals surface area (Å²) >= 11 is 0. The Balaban J connectivity index is 1.75. The van der Waals surface area contributed by atoms with Crippen LogP contribution in [0.15, 0.2) is 58.3 Å². The summed E-state index contributed by atoms with van der Waals surface area (Å²) in [5.74, 6) is -1.63. The third-order valence-corrected chi connectivity index (χ3v) is 4.41. The van der Waals surface area contributed by atoms with Crippen LogP contribution >= 0.6 is 0 Å². The molecular formula is C20H21FN2O6. The van der Waals surface area contributed by atoms with Gasteiger partial charge in [-0.05, 0) is 12.5 Å². The van der Waals surface area contributed by atoms with Crippen LogP contribution in [0, 0.1) is 5.82 Å². The fraction of sp³-hybridized carbons (Fsp3) is 0.350. The molecule has 3 rings (SSSR count). The summed E-state index contributed by atoms with van der Waals surface area (Å²) in [6.45, 7) is 1.88. The first-order valence-corrected chi connectivity index (χ1v) is 9.09. The minimum absolute atomic E-state index is 0.0975. The van der Waals surface area contributed by atoms with E-state index in [-0.39, 0.29) is 19.6 Å². The van der Waals surface area contributed by atoms with Crippen LogP contribution in [0.4, 0.5) is 4.39 Å². The summed E-state index contributed by atoms with van der Waals surface area (Å²) in [6.07, 6.45) is 1.78. The summed E-state index contributed by atoms with van der Waals surface area (Å²) in [5, 5.41) is 0. The van der Waals surface area contributed by atoms with Crippen molar-refractivity contribution in [3.8, 4) is 0 Å². The van der Waals surface area contributed by atoms with Crippen LogP contribution in [0.1, 0.15) is 25.1 Å². The molecule has 0 radical (unpaired) electrons. The molecule has 1 aliphatic rings. The van der Waals surface area contributed by atoms with E-state index in [9.17, 15) is 18.8 Å². The number of esters is 1. The molecule has 1 aromatic heterocycles. The van der Waals surface area contributed by atoms with Crippen LogP contribution in [0.3, 0.4) is 0 Å². The van der Waals surface area contributed by atoms with Gasteiger partial charge in [-0.2, -0.15) is 4.39 Å². The van der Waals surface area contributed by atoms with Gasteiger partial charge in [0.25, 0.3) is 5.56 Å². The summed E-state index contributed by atoms with van der Waals surface area (Å²) in [6, 6.07) is 9.45. The van der Waals surface area contributed by atoms with E-state index in [4.69, 9.17) is 14.2 Å². The molecule has 0 amide bonds. The maximum absolute atomic E-state index is 13.6. The number of rotatable bonds is 7. The normalized spacial score (nSPS) is 21.5. The number of halogens is 1. The van der Waals surface area contributed by atoms with Crippen LogP contribution in [0.2, 0.25) is 0 Å². The van der Waals surface area contributed by atoms with E-state index in [1.54, 1.807) is 13.0 Å². The number of hydrogen-bond donors (Lipinski definition) is 1. The second-order valence-corrected chi connectivity index (χ2v) is 6.47. The Labute approximate surface area is 165 Å². The van der Waals surface area contributed by atoms with Gasteiger partial charge in [-0.25, -0.2) is 9.59 Å². The van der Waals surface area contributed by atoms with E-state index in [0.29, 0.717) is 0 Å². The maximum atomic E-state index is 13.6. The van der Waals surface area contributed by atoms with Crippen molar-refractivity contribution in [2.75, 3.05) is 6.61 Å². The minimum Gasteiger partial charge on any atom is -0.460 e. The van der Waals surface area contributed by atoms with Crippen LogP contribution in [-0.2, 0) is 25.6 Å². The van der Waals surface area contributed by atoms with Crippen molar-refractivity contribution in [3.05, 3.63) is 80.9 Å². The number of H-pyrrole nitrogens is 1. The fourth-order valence-electron chi connectivity index (χ4n) is 3.00. The SMILES string of the molecule is C/C=C/C(=O)OC[C@@H]1O[C@H](n2cc(F)c(=O)[nH]c2=O)CC1OCc1ccccc1. The largest absolute Gasteiger partial charge is 0.460 e. The van der Waals surface area contributed by atoms with Gasteiger partial charge < -0.3 is 14.2 Å². The van der Waals surface area contributed by atoms with E-state index < -0.39 is 41.5 Å². The van der Waals surface area contributed by atoms with E-state index >= 15 is 0 Å². The first-order valence-electron chi connectivity index (χ1n) is 9.09. The Bertz CT molecular complexity index is 984. The maximum Gasteiger partial charge on any atom is 0.330 e. The lowest BCUT2D eigenvalue weighted by Gasteiger charge is -2.18. The zero-order valence-electron chi connectivity index (χ0n) is 15.7. The number of nitrogens with zero attached hydrogens (tertiary/aromatic N) is 1. The molecule has 1 aromatic carbocycles. The number of benzene rings is 1. The molecule has 29 heavy (non-hydrogen) atoms. The fourth-order valence-corrected chi connectivity index (χ4v) is 3.00. The minimum atomic E-state index is -1.10. The zero-order chi connectivity index (χ0) is 20.8. The molecule has 2 heterocycles. The first kappa shape index (κ1) is 20.7. The van der Waals surface area contributed by atoms with Gasteiger partial charge in [0.2, 0.25) is 5.82 Å². The molecule has 8 nitrogen and oxygen atoms in total. The number of ether oxygens (including phenoxy) is 3. The molecule has 1 saturated heterocycles. The van der Waals surface area contributed by atoms with Gasteiger partial charge in [-0.1, -0.05) is 36.4 Å². The lowest BCUT2D eigenvalue weighted by Crippen LogP contribution is -2.34. The van der Waals surface area contributed by atoms with E-state index in [1.807, 2.05) is 35.3 Å². The highest BCUT2D eigenvalue weighted by Gasteiger charge is 2.38. The quantitative estimate of drug-likeness (QED) is 0.557. The number of aromatic amines is 1.